The highest BCUT2D eigenvalue weighted by Crippen LogP contribution is 2.27. The van der Waals surface area contributed by atoms with E-state index in [0.717, 1.165) is 28.1 Å². The first-order valence-corrected chi connectivity index (χ1v) is 9.39. The molecule has 0 saturated heterocycles. The van der Waals surface area contributed by atoms with E-state index in [2.05, 4.69) is 20.4 Å². The highest BCUT2D eigenvalue weighted by molar-refractivity contribution is 5.95. The van der Waals surface area contributed by atoms with Crippen LogP contribution in [0.4, 0.5) is 0 Å². The lowest BCUT2D eigenvalue weighted by Crippen LogP contribution is -2.17. The van der Waals surface area contributed by atoms with Crippen molar-refractivity contribution in [3.8, 4) is 33.8 Å². The summed E-state index contributed by atoms with van der Waals surface area (Å²) in [6.45, 7) is 0. The van der Waals surface area contributed by atoms with Crippen molar-refractivity contribution in [2.75, 3.05) is 7.05 Å². The second-order valence-electron chi connectivity index (χ2n) is 6.72. The Morgan fingerprint density at radius 1 is 0.967 bits per heavy atom. The number of benzene rings is 1. The number of fused-ring (bicyclic) bond motifs is 1. The fourth-order valence-electron chi connectivity index (χ4n) is 3.36. The average molecular weight is 395 g/mol. The molecule has 7 heteroatoms. The third kappa shape index (κ3) is 3.12. The normalized spacial score (nSPS) is 11.0. The molecule has 5 aromatic rings. The Morgan fingerprint density at radius 2 is 1.90 bits per heavy atom. The predicted octanol–water partition coefficient (Wildman–Crippen LogP) is 4.08. The minimum absolute atomic E-state index is 0.126. The first-order chi connectivity index (χ1) is 14.7. The van der Waals surface area contributed by atoms with Crippen LogP contribution in [0.1, 0.15) is 10.4 Å². The number of rotatable bonds is 4. The van der Waals surface area contributed by atoms with Gasteiger partial charge in [-0.3, -0.25) is 9.78 Å². The van der Waals surface area contributed by atoms with Crippen molar-refractivity contribution in [2.24, 2.45) is 0 Å². The molecule has 0 aliphatic carbocycles. The monoisotopic (exact) mass is 395 g/mol. The van der Waals surface area contributed by atoms with Crippen LogP contribution in [0.15, 0.2) is 83.9 Å². The SMILES string of the molecule is CNC(=O)c1cccc(-c2cnn3c(-c4ccnc(-c5ccco5)c4)cnc3c2)c1. The summed E-state index contributed by atoms with van der Waals surface area (Å²) >= 11 is 0. The molecule has 30 heavy (non-hydrogen) atoms. The molecule has 0 saturated carbocycles. The molecule has 1 aromatic carbocycles. The van der Waals surface area contributed by atoms with Crippen molar-refractivity contribution in [1.82, 2.24) is 24.9 Å². The molecule has 0 unspecified atom stereocenters. The molecule has 4 aromatic heterocycles. The maximum Gasteiger partial charge on any atom is 0.251 e. The summed E-state index contributed by atoms with van der Waals surface area (Å²) in [7, 11) is 1.62. The number of carbonyl (C=O) groups is 1. The van der Waals surface area contributed by atoms with Gasteiger partial charge in [-0.2, -0.15) is 5.10 Å². The zero-order valence-electron chi connectivity index (χ0n) is 16.1. The van der Waals surface area contributed by atoms with E-state index < -0.39 is 0 Å². The second-order valence-corrected chi connectivity index (χ2v) is 6.72. The number of nitrogens with zero attached hydrogens (tertiary/aromatic N) is 4. The third-order valence-electron chi connectivity index (χ3n) is 4.88. The molecule has 0 fully saturated rings. The van der Waals surface area contributed by atoms with Crippen LogP contribution < -0.4 is 5.32 Å². The molecular weight excluding hydrogens is 378 g/mol. The molecule has 5 rings (SSSR count). The fraction of sp³-hybridized carbons (Fsp3) is 0.0435. The van der Waals surface area contributed by atoms with Crippen molar-refractivity contribution in [3.63, 3.8) is 0 Å². The number of carbonyl (C=O) groups excluding carboxylic acids is 1. The first kappa shape index (κ1) is 17.8. The van der Waals surface area contributed by atoms with Crippen molar-refractivity contribution in [1.29, 1.82) is 0 Å². The van der Waals surface area contributed by atoms with E-state index in [1.54, 1.807) is 42.5 Å². The molecule has 1 N–H and O–H groups in total. The van der Waals surface area contributed by atoms with Gasteiger partial charge in [0.25, 0.3) is 5.91 Å². The average Bonchev–Trinajstić information content (AvgIpc) is 3.48. The molecule has 4 heterocycles. The van der Waals surface area contributed by atoms with Gasteiger partial charge in [0.05, 0.1) is 24.4 Å². The molecule has 0 bridgehead atoms. The van der Waals surface area contributed by atoms with Gasteiger partial charge in [0.15, 0.2) is 11.4 Å². The molecule has 0 aliphatic rings. The van der Waals surface area contributed by atoms with Gasteiger partial charge >= 0.3 is 0 Å². The van der Waals surface area contributed by atoms with Gasteiger partial charge < -0.3 is 9.73 Å². The highest BCUT2D eigenvalue weighted by Gasteiger charge is 2.12. The van der Waals surface area contributed by atoms with Gasteiger partial charge in [0.1, 0.15) is 5.69 Å². The predicted molar refractivity (Wildman–Crippen MR) is 113 cm³/mol. The number of furan rings is 1. The molecule has 0 spiro atoms. The number of pyridine rings is 1. The van der Waals surface area contributed by atoms with Crippen LogP contribution in [0.2, 0.25) is 0 Å². The Bertz CT molecular complexity index is 1360. The Labute approximate surface area is 172 Å². The van der Waals surface area contributed by atoms with Crippen LogP contribution in [0.3, 0.4) is 0 Å². The maximum absolute atomic E-state index is 11.9. The quantitative estimate of drug-likeness (QED) is 0.496. The van der Waals surface area contributed by atoms with E-state index in [1.165, 1.54) is 0 Å². The van der Waals surface area contributed by atoms with Crippen LogP contribution in [0, 0.1) is 0 Å². The summed E-state index contributed by atoms with van der Waals surface area (Å²) in [5, 5.41) is 7.23. The number of amides is 1. The summed E-state index contributed by atoms with van der Waals surface area (Å²) in [6.07, 6.45) is 6.93. The van der Waals surface area contributed by atoms with Gasteiger partial charge in [-0.15, -0.1) is 0 Å². The molecule has 146 valence electrons. The van der Waals surface area contributed by atoms with E-state index in [4.69, 9.17) is 4.42 Å². The van der Waals surface area contributed by atoms with Gasteiger partial charge in [0, 0.05) is 29.9 Å². The van der Waals surface area contributed by atoms with E-state index >= 15 is 0 Å². The number of hydrogen-bond acceptors (Lipinski definition) is 5. The number of aromatic nitrogens is 4. The lowest BCUT2D eigenvalue weighted by atomic mass is 10.0. The maximum atomic E-state index is 11.9. The molecule has 0 aliphatic heterocycles. The van der Waals surface area contributed by atoms with E-state index in [-0.39, 0.29) is 5.91 Å². The van der Waals surface area contributed by atoms with Crippen molar-refractivity contribution >= 4 is 11.6 Å². The summed E-state index contributed by atoms with van der Waals surface area (Å²) in [5.74, 6) is 0.580. The van der Waals surface area contributed by atoms with Crippen LogP contribution >= 0.6 is 0 Å². The molecule has 0 atom stereocenters. The summed E-state index contributed by atoms with van der Waals surface area (Å²) < 4.78 is 7.23. The minimum atomic E-state index is -0.126. The lowest BCUT2D eigenvalue weighted by Gasteiger charge is -2.06. The van der Waals surface area contributed by atoms with Crippen LogP contribution in [-0.4, -0.2) is 32.5 Å². The summed E-state index contributed by atoms with van der Waals surface area (Å²) in [4.78, 5) is 20.8. The van der Waals surface area contributed by atoms with Crippen molar-refractivity contribution < 1.29 is 9.21 Å². The van der Waals surface area contributed by atoms with Crippen molar-refractivity contribution in [3.05, 3.63) is 85.0 Å². The van der Waals surface area contributed by atoms with E-state index in [0.29, 0.717) is 17.0 Å². The minimum Gasteiger partial charge on any atom is -0.463 e. The highest BCUT2D eigenvalue weighted by atomic mass is 16.3. The Balaban J connectivity index is 1.54. The molecule has 7 nitrogen and oxygen atoms in total. The molecule has 1 amide bonds. The Hall–Kier alpha value is -4.26. The van der Waals surface area contributed by atoms with Crippen LogP contribution in [0.25, 0.3) is 39.5 Å². The van der Waals surface area contributed by atoms with Gasteiger partial charge in [-0.25, -0.2) is 9.50 Å². The van der Waals surface area contributed by atoms with E-state index in [1.807, 2.05) is 48.5 Å². The van der Waals surface area contributed by atoms with Crippen molar-refractivity contribution in [2.45, 2.75) is 0 Å². The lowest BCUT2D eigenvalue weighted by molar-refractivity contribution is 0.0963. The number of nitrogens with one attached hydrogen (secondary N) is 1. The summed E-state index contributed by atoms with van der Waals surface area (Å²) in [6, 6.07) is 16.9. The van der Waals surface area contributed by atoms with Crippen LogP contribution in [0.5, 0.6) is 0 Å². The summed E-state index contributed by atoms with van der Waals surface area (Å²) in [5.41, 5.74) is 5.63. The molecule has 0 radical (unpaired) electrons. The Morgan fingerprint density at radius 3 is 2.73 bits per heavy atom. The molecular formula is C23H17N5O2. The van der Waals surface area contributed by atoms with Gasteiger partial charge in [-0.1, -0.05) is 12.1 Å². The largest absolute Gasteiger partial charge is 0.463 e. The zero-order valence-corrected chi connectivity index (χ0v) is 16.1. The first-order valence-electron chi connectivity index (χ1n) is 9.39. The second kappa shape index (κ2) is 7.29. The van der Waals surface area contributed by atoms with E-state index in [9.17, 15) is 4.79 Å². The smallest absolute Gasteiger partial charge is 0.251 e. The van der Waals surface area contributed by atoms with Crippen LogP contribution in [-0.2, 0) is 0 Å². The topological polar surface area (TPSA) is 85.3 Å². The fourth-order valence-corrected chi connectivity index (χ4v) is 3.36. The Kier molecular flexibility index (Phi) is 4.33. The standard InChI is InChI=1S/C23H17N5O2/c1-24-23(29)17-5-2-4-15(10-17)18-12-22-26-14-20(28(22)27-13-18)16-7-8-25-19(11-16)21-6-3-9-30-21/h2-14H,1H3,(H,24,29). The number of imidazole rings is 1. The number of hydrogen-bond donors (Lipinski definition) is 1. The van der Waals surface area contributed by atoms with Gasteiger partial charge in [-0.05, 0) is 48.0 Å². The van der Waals surface area contributed by atoms with Gasteiger partial charge in [0.2, 0.25) is 0 Å². The third-order valence-corrected chi connectivity index (χ3v) is 4.88. The zero-order chi connectivity index (χ0) is 20.5.